The van der Waals surface area contributed by atoms with Gasteiger partial charge in [-0.1, -0.05) is 60.2 Å². The highest BCUT2D eigenvalue weighted by molar-refractivity contribution is 7.17. The zero-order chi connectivity index (χ0) is 19.5. The molecule has 2 aromatic carbocycles. The Morgan fingerprint density at radius 3 is 2.61 bits per heavy atom. The summed E-state index contributed by atoms with van der Waals surface area (Å²) in [7, 11) is 0. The third kappa shape index (κ3) is 3.73. The summed E-state index contributed by atoms with van der Waals surface area (Å²) in [5.74, 6) is -0.222. The van der Waals surface area contributed by atoms with Crippen LogP contribution >= 0.6 is 11.3 Å². The van der Waals surface area contributed by atoms with E-state index >= 15 is 0 Å². The van der Waals surface area contributed by atoms with Gasteiger partial charge in [-0.05, 0) is 24.5 Å². The maximum Gasteiger partial charge on any atom is 0.281 e. The third-order valence-electron chi connectivity index (χ3n) is 4.59. The van der Waals surface area contributed by atoms with Crippen LogP contribution in [0.25, 0.3) is 21.3 Å². The van der Waals surface area contributed by atoms with E-state index in [2.05, 4.69) is 10.4 Å². The lowest BCUT2D eigenvalue weighted by Gasteiger charge is -2.08. The van der Waals surface area contributed by atoms with Crippen LogP contribution in [0.1, 0.15) is 17.5 Å². The molecule has 0 saturated carbocycles. The highest BCUT2D eigenvalue weighted by atomic mass is 32.1. The minimum atomic E-state index is -0.270. The van der Waals surface area contributed by atoms with E-state index in [1.807, 2.05) is 66.9 Å². The summed E-state index contributed by atoms with van der Waals surface area (Å²) in [5, 5.41) is 2.45. The standard InChI is InChI=1S/C22H19N3O2S/c1-15-7-9-16(10-8-15)11-12-19(26)24-25-14-23-21-20(22(25)27)18(13-28-21)17-5-3-2-4-6-17/h2-10,13-14H,11-12H2,1H3,(H,24,26). The third-order valence-corrected chi connectivity index (χ3v) is 5.47. The molecule has 0 fully saturated rings. The molecule has 2 aromatic heterocycles. The topological polar surface area (TPSA) is 64.0 Å². The van der Waals surface area contributed by atoms with Crippen molar-refractivity contribution in [1.82, 2.24) is 9.66 Å². The second kappa shape index (κ2) is 7.78. The fourth-order valence-corrected chi connectivity index (χ4v) is 3.95. The summed E-state index contributed by atoms with van der Waals surface area (Å²) in [6.07, 6.45) is 2.28. The number of thiophene rings is 1. The first-order valence-electron chi connectivity index (χ1n) is 9.01. The Morgan fingerprint density at radius 1 is 1.11 bits per heavy atom. The van der Waals surface area contributed by atoms with Gasteiger partial charge < -0.3 is 0 Å². The first kappa shape index (κ1) is 18.1. The molecule has 0 bridgehead atoms. The van der Waals surface area contributed by atoms with Crippen molar-refractivity contribution in [3.05, 3.63) is 87.8 Å². The molecule has 1 amide bonds. The summed E-state index contributed by atoms with van der Waals surface area (Å²) in [4.78, 5) is 30.3. The number of carbonyl (C=O) groups excluding carboxylic acids is 1. The Bertz CT molecular complexity index is 1180. The molecule has 1 N–H and O–H groups in total. The molecule has 0 aliphatic carbocycles. The monoisotopic (exact) mass is 389 g/mol. The van der Waals surface area contributed by atoms with Crippen molar-refractivity contribution in [1.29, 1.82) is 0 Å². The van der Waals surface area contributed by atoms with Crippen molar-refractivity contribution < 1.29 is 4.79 Å². The van der Waals surface area contributed by atoms with Crippen molar-refractivity contribution in [2.45, 2.75) is 19.8 Å². The summed E-state index contributed by atoms with van der Waals surface area (Å²) in [5.41, 5.74) is 6.45. The van der Waals surface area contributed by atoms with Gasteiger partial charge in [-0.2, -0.15) is 0 Å². The number of benzene rings is 2. The lowest BCUT2D eigenvalue weighted by atomic mass is 10.1. The summed E-state index contributed by atoms with van der Waals surface area (Å²) in [6.45, 7) is 2.03. The largest absolute Gasteiger partial charge is 0.281 e. The van der Waals surface area contributed by atoms with Crippen LogP contribution < -0.4 is 11.0 Å². The Labute approximate surface area is 166 Å². The molecule has 0 radical (unpaired) electrons. The smallest absolute Gasteiger partial charge is 0.273 e. The van der Waals surface area contributed by atoms with Crippen LogP contribution in [0.15, 0.2) is 71.1 Å². The van der Waals surface area contributed by atoms with Crippen molar-refractivity contribution in [3.8, 4) is 11.1 Å². The minimum absolute atomic E-state index is 0.222. The zero-order valence-electron chi connectivity index (χ0n) is 15.4. The number of nitrogens with one attached hydrogen (secondary N) is 1. The average molecular weight is 389 g/mol. The van der Waals surface area contributed by atoms with Gasteiger partial charge in [0.25, 0.3) is 5.56 Å². The van der Waals surface area contributed by atoms with E-state index in [1.165, 1.54) is 27.9 Å². The van der Waals surface area contributed by atoms with Crippen molar-refractivity contribution in [3.63, 3.8) is 0 Å². The number of nitrogens with zero attached hydrogens (tertiary/aromatic N) is 2. The molecule has 4 aromatic rings. The van der Waals surface area contributed by atoms with E-state index in [0.29, 0.717) is 23.1 Å². The number of carbonyl (C=O) groups is 1. The number of aryl methyl sites for hydroxylation is 2. The summed E-state index contributed by atoms with van der Waals surface area (Å²) >= 11 is 1.42. The molecule has 0 atom stereocenters. The zero-order valence-corrected chi connectivity index (χ0v) is 16.2. The van der Waals surface area contributed by atoms with Gasteiger partial charge in [0.2, 0.25) is 5.91 Å². The SMILES string of the molecule is Cc1ccc(CCC(=O)Nn2cnc3scc(-c4ccccc4)c3c2=O)cc1. The molecular weight excluding hydrogens is 370 g/mol. The molecule has 5 nitrogen and oxygen atoms in total. The Morgan fingerprint density at radius 2 is 1.86 bits per heavy atom. The maximum absolute atomic E-state index is 12.9. The quantitative estimate of drug-likeness (QED) is 0.558. The molecular formula is C22H19N3O2S. The first-order chi connectivity index (χ1) is 13.6. The van der Waals surface area contributed by atoms with Crippen molar-refractivity contribution in [2.75, 3.05) is 5.43 Å². The second-order valence-corrected chi connectivity index (χ2v) is 7.49. The van der Waals surface area contributed by atoms with E-state index in [0.717, 1.165) is 16.7 Å². The molecule has 0 aliphatic rings. The predicted octanol–water partition coefficient (Wildman–Crippen LogP) is 4.14. The number of fused-ring (bicyclic) bond motifs is 1. The lowest BCUT2D eigenvalue weighted by Crippen LogP contribution is -2.33. The molecule has 0 aliphatic heterocycles. The van der Waals surface area contributed by atoms with Gasteiger partial charge in [-0.15, -0.1) is 11.3 Å². The van der Waals surface area contributed by atoms with Gasteiger partial charge >= 0.3 is 0 Å². The molecule has 2 heterocycles. The fourth-order valence-electron chi connectivity index (χ4n) is 3.05. The van der Waals surface area contributed by atoms with E-state index < -0.39 is 0 Å². The lowest BCUT2D eigenvalue weighted by molar-refractivity contribution is -0.117. The number of amides is 1. The van der Waals surface area contributed by atoms with Gasteiger partial charge in [0, 0.05) is 17.4 Å². The van der Waals surface area contributed by atoms with E-state index in [9.17, 15) is 9.59 Å². The number of rotatable bonds is 5. The first-order valence-corrected chi connectivity index (χ1v) is 9.89. The summed E-state index contributed by atoms with van der Waals surface area (Å²) < 4.78 is 1.18. The van der Waals surface area contributed by atoms with E-state index in [4.69, 9.17) is 0 Å². The normalized spacial score (nSPS) is 10.9. The van der Waals surface area contributed by atoms with Gasteiger partial charge in [0.1, 0.15) is 11.2 Å². The molecule has 0 unspecified atom stereocenters. The molecule has 6 heteroatoms. The predicted molar refractivity (Wildman–Crippen MR) is 113 cm³/mol. The van der Waals surface area contributed by atoms with Gasteiger partial charge in [-0.25, -0.2) is 9.66 Å². The molecule has 28 heavy (non-hydrogen) atoms. The summed E-state index contributed by atoms with van der Waals surface area (Å²) in [6, 6.07) is 17.8. The van der Waals surface area contributed by atoms with E-state index in [-0.39, 0.29) is 11.5 Å². The van der Waals surface area contributed by atoms with Crippen LogP contribution in [-0.4, -0.2) is 15.6 Å². The molecule has 0 saturated heterocycles. The highest BCUT2D eigenvalue weighted by Gasteiger charge is 2.14. The van der Waals surface area contributed by atoms with Gasteiger partial charge in [0.05, 0.1) is 5.39 Å². The highest BCUT2D eigenvalue weighted by Crippen LogP contribution is 2.30. The average Bonchev–Trinajstić information content (AvgIpc) is 3.15. The van der Waals surface area contributed by atoms with Crippen LogP contribution in [0.5, 0.6) is 0 Å². The van der Waals surface area contributed by atoms with Crippen molar-refractivity contribution >= 4 is 27.5 Å². The Hall–Kier alpha value is -3.25. The van der Waals surface area contributed by atoms with Crippen LogP contribution in [0.2, 0.25) is 0 Å². The second-order valence-electron chi connectivity index (χ2n) is 6.64. The number of aromatic nitrogens is 2. The maximum atomic E-state index is 12.9. The fraction of sp³-hybridized carbons (Fsp3) is 0.136. The molecule has 0 spiro atoms. The van der Waals surface area contributed by atoms with Crippen LogP contribution in [0, 0.1) is 6.92 Å². The molecule has 140 valence electrons. The van der Waals surface area contributed by atoms with Crippen LogP contribution in [0.4, 0.5) is 0 Å². The Kier molecular flexibility index (Phi) is 5.04. The number of hydrogen-bond donors (Lipinski definition) is 1. The minimum Gasteiger partial charge on any atom is -0.273 e. The van der Waals surface area contributed by atoms with Crippen LogP contribution in [0.3, 0.4) is 0 Å². The van der Waals surface area contributed by atoms with Gasteiger partial charge in [-0.3, -0.25) is 15.0 Å². The van der Waals surface area contributed by atoms with Crippen molar-refractivity contribution in [2.24, 2.45) is 0 Å². The number of hydrogen-bond acceptors (Lipinski definition) is 4. The van der Waals surface area contributed by atoms with E-state index in [1.54, 1.807) is 0 Å². The molecule has 4 rings (SSSR count). The Balaban J connectivity index is 1.55. The van der Waals surface area contributed by atoms with Crippen LogP contribution in [-0.2, 0) is 11.2 Å². The van der Waals surface area contributed by atoms with Gasteiger partial charge in [0.15, 0.2) is 0 Å².